The van der Waals surface area contributed by atoms with Gasteiger partial charge in [-0.25, -0.2) is 13.1 Å². The van der Waals surface area contributed by atoms with Gasteiger partial charge in [-0.2, -0.15) is 0 Å². The third-order valence-corrected chi connectivity index (χ3v) is 5.04. The van der Waals surface area contributed by atoms with E-state index < -0.39 is 10.0 Å². The molecular weight excluding hydrogens is 312 g/mol. The minimum absolute atomic E-state index is 0.0402. The lowest BCUT2D eigenvalue weighted by Crippen LogP contribution is -2.34. The van der Waals surface area contributed by atoms with Crippen LogP contribution >= 0.6 is 11.6 Å². The van der Waals surface area contributed by atoms with Gasteiger partial charge in [-0.1, -0.05) is 17.7 Å². The first-order valence-electron chi connectivity index (χ1n) is 6.45. The SMILES string of the molecule is CC(Cc1ccco1)NS(=O)(=O)c1cc(CN)ccc1Cl. The molecule has 0 aliphatic heterocycles. The van der Waals surface area contributed by atoms with Gasteiger partial charge in [0.2, 0.25) is 10.0 Å². The molecule has 0 bridgehead atoms. The summed E-state index contributed by atoms with van der Waals surface area (Å²) < 4.78 is 32.6. The van der Waals surface area contributed by atoms with E-state index in [1.54, 1.807) is 31.4 Å². The van der Waals surface area contributed by atoms with Crippen molar-refractivity contribution in [1.82, 2.24) is 4.72 Å². The van der Waals surface area contributed by atoms with E-state index in [-0.39, 0.29) is 22.5 Å². The summed E-state index contributed by atoms with van der Waals surface area (Å²) in [6.45, 7) is 2.02. The molecule has 7 heteroatoms. The molecule has 0 radical (unpaired) electrons. The van der Waals surface area contributed by atoms with Gasteiger partial charge in [0.1, 0.15) is 10.7 Å². The first kappa shape index (κ1) is 16.0. The Bertz CT molecular complexity index is 699. The Morgan fingerprint density at radius 3 is 2.76 bits per heavy atom. The first-order valence-corrected chi connectivity index (χ1v) is 8.31. The number of furan rings is 1. The zero-order chi connectivity index (χ0) is 15.5. The molecule has 3 N–H and O–H groups in total. The molecule has 0 fully saturated rings. The second kappa shape index (κ2) is 6.62. The Morgan fingerprint density at radius 2 is 2.14 bits per heavy atom. The lowest BCUT2D eigenvalue weighted by Gasteiger charge is -2.14. The van der Waals surface area contributed by atoms with Crippen molar-refractivity contribution in [1.29, 1.82) is 0 Å². The Labute approximate surface area is 129 Å². The summed E-state index contributed by atoms with van der Waals surface area (Å²) in [6, 6.07) is 7.97. The van der Waals surface area contributed by atoms with Crippen LogP contribution in [0.2, 0.25) is 5.02 Å². The summed E-state index contributed by atoms with van der Waals surface area (Å²) in [5, 5.41) is 0.171. The lowest BCUT2D eigenvalue weighted by atomic mass is 10.2. The predicted octanol–water partition coefficient (Wildman–Crippen LogP) is 2.30. The molecule has 0 aliphatic rings. The van der Waals surface area contributed by atoms with E-state index in [2.05, 4.69) is 4.72 Å². The molecule has 114 valence electrons. The fourth-order valence-electron chi connectivity index (χ4n) is 1.98. The van der Waals surface area contributed by atoms with E-state index >= 15 is 0 Å². The van der Waals surface area contributed by atoms with Crippen molar-refractivity contribution in [3.8, 4) is 0 Å². The van der Waals surface area contributed by atoms with Gasteiger partial charge in [0.25, 0.3) is 0 Å². The van der Waals surface area contributed by atoms with E-state index in [0.717, 1.165) is 0 Å². The zero-order valence-corrected chi connectivity index (χ0v) is 13.1. The topological polar surface area (TPSA) is 85.3 Å². The summed E-state index contributed by atoms with van der Waals surface area (Å²) in [7, 11) is -3.71. The van der Waals surface area contributed by atoms with Crippen molar-refractivity contribution in [2.24, 2.45) is 5.73 Å². The van der Waals surface area contributed by atoms with Crippen molar-refractivity contribution in [3.05, 3.63) is 52.9 Å². The van der Waals surface area contributed by atoms with Crippen molar-refractivity contribution in [2.75, 3.05) is 0 Å². The van der Waals surface area contributed by atoms with Crippen LogP contribution < -0.4 is 10.5 Å². The summed E-state index contributed by atoms with van der Waals surface area (Å²) in [6.07, 6.45) is 2.01. The second-order valence-corrected chi connectivity index (χ2v) is 6.86. The Kier molecular flexibility index (Phi) is 5.05. The molecule has 0 aliphatic carbocycles. The van der Waals surface area contributed by atoms with E-state index in [1.807, 2.05) is 0 Å². The summed E-state index contributed by atoms with van der Waals surface area (Å²) in [5.41, 5.74) is 6.24. The summed E-state index contributed by atoms with van der Waals surface area (Å²) >= 11 is 5.99. The highest BCUT2D eigenvalue weighted by Crippen LogP contribution is 2.23. The van der Waals surface area contributed by atoms with Crippen LogP contribution in [0, 0.1) is 0 Å². The lowest BCUT2D eigenvalue weighted by molar-refractivity contribution is 0.479. The standard InChI is InChI=1S/C14H17ClN2O3S/c1-10(7-12-3-2-6-20-12)17-21(18,19)14-8-11(9-16)4-5-13(14)15/h2-6,8,10,17H,7,9,16H2,1H3. The van der Waals surface area contributed by atoms with Crippen molar-refractivity contribution in [2.45, 2.75) is 30.8 Å². The number of rotatable bonds is 6. The van der Waals surface area contributed by atoms with E-state index in [1.165, 1.54) is 12.1 Å². The normalized spacial score (nSPS) is 13.3. The van der Waals surface area contributed by atoms with Crippen molar-refractivity contribution >= 4 is 21.6 Å². The molecule has 2 aromatic rings. The molecule has 0 spiro atoms. The maximum absolute atomic E-state index is 12.4. The third kappa shape index (κ3) is 4.07. The Balaban J connectivity index is 2.18. The van der Waals surface area contributed by atoms with Gasteiger partial charge in [0, 0.05) is 19.0 Å². The smallest absolute Gasteiger partial charge is 0.242 e. The molecule has 5 nitrogen and oxygen atoms in total. The molecule has 1 atom stereocenters. The highest BCUT2D eigenvalue weighted by atomic mass is 35.5. The minimum Gasteiger partial charge on any atom is -0.469 e. The van der Waals surface area contributed by atoms with Crippen LogP contribution in [0.3, 0.4) is 0 Å². The number of benzene rings is 1. The van der Waals surface area contributed by atoms with Crippen molar-refractivity contribution < 1.29 is 12.8 Å². The van der Waals surface area contributed by atoms with Gasteiger partial charge in [-0.3, -0.25) is 0 Å². The molecular formula is C14H17ClN2O3S. The quantitative estimate of drug-likeness (QED) is 0.852. The summed E-state index contributed by atoms with van der Waals surface area (Å²) in [5.74, 6) is 0.715. The van der Waals surface area contributed by atoms with Crippen LogP contribution in [-0.2, 0) is 23.0 Å². The molecule has 0 saturated carbocycles. The number of halogens is 1. The van der Waals surface area contributed by atoms with Gasteiger partial charge in [-0.05, 0) is 36.8 Å². The maximum atomic E-state index is 12.4. The molecule has 1 unspecified atom stereocenters. The predicted molar refractivity (Wildman–Crippen MR) is 81.5 cm³/mol. The first-order chi connectivity index (χ1) is 9.92. The molecule has 1 aromatic carbocycles. The average Bonchev–Trinajstić information content (AvgIpc) is 2.91. The molecule has 2 rings (SSSR count). The molecule has 21 heavy (non-hydrogen) atoms. The molecule has 0 saturated heterocycles. The number of hydrogen-bond acceptors (Lipinski definition) is 4. The largest absolute Gasteiger partial charge is 0.469 e. The van der Waals surface area contributed by atoms with Gasteiger partial charge in [0.15, 0.2) is 0 Å². The Hall–Kier alpha value is -1.34. The number of sulfonamides is 1. The second-order valence-electron chi connectivity index (χ2n) is 4.77. The summed E-state index contributed by atoms with van der Waals surface area (Å²) in [4.78, 5) is 0.0402. The molecule has 1 heterocycles. The van der Waals surface area contributed by atoms with Crippen LogP contribution in [0.15, 0.2) is 45.9 Å². The number of nitrogens with one attached hydrogen (secondary N) is 1. The van der Waals surface area contributed by atoms with E-state index in [9.17, 15) is 8.42 Å². The van der Waals surface area contributed by atoms with E-state index in [4.69, 9.17) is 21.8 Å². The third-order valence-electron chi connectivity index (χ3n) is 2.96. The highest BCUT2D eigenvalue weighted by molar-refractivity contribution is 7.89. The zero-order valence-electron chi connectivity index (χ0n) is 11.5. The number of hydrogen-bond donors (Lipinski definition) is 2. The van der Waals surface area contributed by atoms with Crippen LogP contribution in [0.1, 0.15) is 18.2 Å². The van der Waals surface area contributed by atoms with Gasteiger partial charge in [-0.15, -0.1) is 0 Å². The van der Waals surface area contributed by atoms with E-state index in [0.29, 0.717) is 17.7 Å². The maximum Gasteiger partial charge on any atom is 0.242 e. The fourth-order valence-corrected chi connectivity index (χ4v) is 3.77. The fraction of sp³-hybridized carbons (Fsp3) is 0.286. The van der Waals surface area contributed by atoms with Crippen LogP contribution in [0.25, 0.3) is 0 Å². The Morgan fingerprint density at radius 1 is 1.38 bits per heavy atom. The highest BCUT2D eigenvalue weighted by Gasteiger charge is 2.21. The molecule has 1 aromatic heterocycles. The monoisotopic (exact) mass is 328 g/mol. The van der Waals surface area contributed by atoms with Gasteiger partial charge >= 0.3 is 0 Å². The minimum atomic E-state index is -3.71. The van der Waals surface area contributed by atoms with Gasteiger partial charge in [0.05, 0.1) is 11.3 Å². The van der Waals surface area contributed by atoms with Crippen molar-refractivity contribution in [3.63, 3.8) is 0 Å². The average molecular weight is 329 g/mol. The molecule has 0 amide bonds. The number of nitrogens with two attached hydrogens (primary N) is 1. The van der Waals surface area contributed by atoms with Crippen LogP contribution in [0.5, 0.6) is 0 Å². The van der Waals surface area contributed by atoms with Gasteiger partial charge < -0.3 is 10.2 Å². The van der Waals surface area contributed by atoms with Crippen LogP contribution in [-0.4, -0.2) is 14.5 Å². The van der Waals surface area contributed by atoms with Crippen LogP contribution in [0.4, 0.5) is 0 Å².